The number of hydrogen-bond acceptors (Lipinski definition) is 4. The molecule has 0 saturated carbocycles. The molecule has 5 heteroatoms. The van der Waals surface area contributed by atoms with E-state index in [2.05, 4.69) is 102 Å². The van der Waals surface area contributed by atoms with Gasteiger partial charge in [-0.15, -0.1) is 11.3 Å². The van der Waals surface area contributed by atoms with Crippen LogP contribution in [0.25, 0.3) is 54.2 Å². The molecule has 1 aliphatic carbocycles. The fourth-order valence-electron chi connectivity index (χ4n) is 6.86. The zero-order valence-corrected chi connectivity index (χ0v) is 29.2. The lowest BCUT2D eigenvalue weighted by atomic mass is 9.81. The lowest BCUT2D eigenvalue weighted by Crippen LogP contribution is -2.15. The second-order valence-electron chi connectivity index (χ2n) is 14.2. The molecule has 0 spiro atoms. The van der Waals surface area contributed by atoms with Crippen LogP contribution in [0.3, 0.4) is 0 Å². The van der Waals surface area contributed by atoms with Crippen molar-refractivity contribution in [3.8, 4) is 43.1 Å². The summed E-state index contributed by atoms with van der Waals surface area (Å²) in [6.45, 7) is 13.7. The van der Waals surface area contributed by atoms with Crippen LogP contribution < -0.4 is 0 Å². The molecule has 0 unspecified atom stereocenters. The van der Waals surface area contributed by atoms with Gasteiger partial charge in [0, 0.05) is 31.9 Å². The maximum Gasteiger partial charge on any atom is 0.132 e. The first-order valence-electron chi connectivity index (χ1n) is 16.5. The van der Waals surface area contributed by atoms with Crippen molar-refractivity contribution in [3.63, 3.8) is 0 Å². The number of thiophene rings is 1. The molecule has 1 aliphatic rings. The maximum absolute atomic E-state index is 15.2. The fourth-order valence-corrected chi connectivity index (χ4v) is 8.49. The van der Waals surface area contributed by atoms with Crippen LogP contribution in [0.5, 0.6) is 0 Å². The lowest BCUT2D eigenvalue weighted by Gasteiger charge is -2.23. The largest absolute Gasteiger partial charge is 0.206 e. The van der Waals surface area contributed by atoms with Gasteiger partial charge in [-0.2, -0.15) is 8.75 Å². The third-order valence-electron chi connectivity index (χ3n) is 9.66. The molecule has 7 rings (SSSR count). The van der Waals surface area contributed by atoms with E-state index in [0.29, 0.717) is 17.4 Å². The van der Waals surface area contributed by atoms with E-state index in [4.69, 9.17) is 8.75 Å². The van der Waals surface area contributed by atoms with E-state index in [1.807, 2.05) is 12.1 Å². The van der Waals surface area contributed by atoms with Gasteiger partial charge in [0.2, 0.25) is 0 Å². The van der Waals surface area contributed by atoms with Crippen LogP contribution in [0.15, 0.2) is 78.9 Å². The number of aryl methyl sites for hydroxylation is 2. The highest BCUT2D eigenvalue weighted by Gasteiger charge is 2.36. The Morgan fingerprint density at radius 3 is 1.78 bits per heavy atom. The molecular formula is C41H41FN2S2. The number of hydrogen-bond donors (Lipinski definition) is 0. The molecule has 0 N–H and O–H groups in total. The highest BCUT2D eigenvalue weighted by molar-refractivity contribution is 7.19. The van der Waals surface area contributed by atoms with Gasteiger partial charge in [0.05, 0.1) is 11.7 Å². The molecule has 0 bridgehead atoms. The molecule has 234 valence electrons. The van der Waals surface area contributed by atoms with E-state index >= 15 is 4.39 Å². The summed E-state index contributed by atoms with van der Waals surface area (Å²) in [4.78, 5) is 2.00. The van der Waals surface area contributed by atoms with Gasteiger partial charge in [-0.3, -0.25) is 0 Å². The van der Waals surface area contributed by atoms with Gasteiger partial charge in [0.1, 0.15) is 16.9 Å². The summed E-state index contributed by atoms with van der Waals surface area (Å²) < 4.78 is 24.8. The van der Waals surface area contributed by atoms with E-state index in [9.17, 15) is 0 Å². The highest BCUT2D eigenvalue weighted by atomic mass is 32.1. The first-order valence-corrected chi connectivity index (χ1v) is 18.1. The zero-order valence-electron chi connectivity index (χ0n) is 27.6. The Kier molecular flexibility index (Phi) is 8.19. The standard InChI is InChI=1S/C41H41FN2S2/c1-24(2)7-9-26-11-14-30-31-16-13-28(23-35(31)41(5,6)34(30)21-26)29-17-18-33(40-39(29)43-46-44-40)38-20-19-37(45-38)32-15-12-27(22-36(32)42)10-8-25(3)4/h11-25H,7-10H2,1-6H3. The molecule has 0 fully saturated rings. The van der Waals surface area contributed by atoms with Crippen LogP contribution in [0.2, 0.25) is 0 Å². The first-order chi connectivity index (χ1) is 22.1. The molecule has 0 aliphatic heterocycles. The summed E-state index contributed by atoms with van der Waals surface area (Å²) in [6, 6.07) is 28.2. The van der Waals surface area contributed by atoms with Crippen molar-refractivity contribution >= 4 is 34.1 Å². The van der Waals surface area contributed by atoms with Gasteiger partial charge in [-0.1, -0.05) is 96.1 Å². The second kappa shape index (κ2) is 12.2. The third kappa shape index (κ3) is 5.62. The summed E-state index contributed by atoms with van der Waals surface area (Å²) in [7, 11) is 0. The molecule has 6 aromatic rings. The molecule has 0 radical (unpaired) electrons. The van der Waals surface area contributed by atoms with E-state index in [1.54, 1.807) is 17.4 Å². The average molecular weight is 645 g/mol. The topological polar surface area (TPSA) is 25.8 Å². The van der Waals surface area contributed by atoms with Crippen LogP contribution >= 0.6 is 23.1 Å². The van der Waals surface area contributed by atoms with Crippen LogP contribution in [0.1, 0.15) is 76.6 Å². The quantitative estimate of drug-likeness (QED) is 0.156. The maximum atomic E-state index is 15.2. The van der Waals surface area contributed by atoms with E-state index in [0.717, 1.165) is 62.3 Å². The van der Waals surface area contributed by atoms with Gasteiger partial charge >= 0.3 is 0 Å². The van der Waals surface area contributed by atoms with E-state index in [1.165, 1.54) is 46.0 Å². The number of aromatic nitrogens is 2. The van der Waals surface area contributed by atoms with E-state index < -0.39 is 0 Å². The van der Waals surface area contributed by atoms with Crippen molar-refractivity contribution in [2.75, 3.05) is 0 Å². The molecule has 2 nitrogen and oxygen atoms in total. The van der Waals surface area contributed by atoms with Gasteiger partial charge in [-0.25, -0.2) is 4.39 Å². The predicted molar refractivity (Wildman–Crippen MR) is 195 cm³/mol. The van der Waals surface area contributed by atoms with Crippen molar-refractivity contribution in [1.29, 1.82) is 0 Å². The normalized spacial score (nSPS) is 13.6. The summed E-state index contributed by atoms with van der Waals surface area (Å²) >= 11 is 2.86. The number of rotatable bonds is 9. The first kappa shape index (κ1) is 31.0. The lowest BCUT2D eigenvalue weighted by molar-refractivity contribution is 0.582. The van der Waals surface area contributed by atoms with Crippen LogP contribution in [0, 0.1) is 17.7 Å². The Morgan fingerprint density at radius 2 is 1.13 bits per heavy atom. The minimum atomic E-state index is -0.154. The molecule has 0 atom stereocenters. The summed E-state index contributed by atoms with van der Waals surface area (Å²) in [5.74, 6) is 1.15. The van der Waals surface area contributed by atoms with Crippen molar-refractivity contribution in [2.45, 2.75) is 72.6 Å². The molecule has 46 heavy (non-hydrogen) atoms. The van der Waals surface area contributed by atoms with Crippen molar-refractivity contribution in [1.82, 2.24) is 8.75 Å². The Labute approximate surface area is 280 Å². The zero-order chi connectivity index (χ0) is 32.2. The number of halogens is 1. The molecular weight excluding hydrogens is 604 g/mol. The molecule has 4 aromatic carbocycles. The van der Waals surface area contributed by atoms with Crippen LogP contribution in [-0.2, 0) is 18.3 Å². The SMILES string of the molecule is CC(C)CCc1ccc(-c2ccc(-c3ccc(-c4ccc5c(c4)C(C)(C)c4cc(CCC(C)C)ccc4-5)c4nsnc34)s2)c(F)c1. The smallest absolute Gasteiger partial charge is 0.132 e. The Bertz CT molecular complexity index is 2060. The minimum Gasteiger partial charge on any atom is -0.206 e. The highest BCUT2D eigenvalue weighted by Crippen LogP contribution is 2.50. The summed E-state index contributed by atoms with van der Waals surface area (Å²) in [6.07, 6.45) is 4.29. The predicted octanol–water partition coefficient (Wildman–Crippen LogP) is 12.4. The Morgan fingerprint density at radius 1 is 0.609 bits per heavy atom. The molecule has 2 aromatic heterocycles. The molecule has 0 saturated heterocycles. The number of fused-ring (bicyclic) bond motifs is 4. The fraction of sp³-hybridized carbons (Fsp3) is 0.317. The van der Waals surface area contributed by atoms with Gasteiger partial charge in [0.25, 0.3) is 0 Å². The van der Waals surface area contributed by atoms with Crippen LogP contribution in [0.4, 0.5) is 4.39 Å². The number of nitrogens with zero attached hydrogens (tertiary/aromatic N) is 2. The van der Waals surface area contributed by atoms with Crippen molar-refractivity contribution < 1.29 is 4.39 Å². The summed E-state index contributed by atoms with van der Waals surface area (Å²) in [5.41, 5.74) is 13.6. The van der Waals surface area contributed by atoms with Crippen molar-refractivity contribution in [3.05, 3.63) is 107 Å². The third-order valence-corrected chi connectivity index (χ3v) is 11.3. The van der Waals surface area contributed by atoms with E-state index in [-0.39, 0.29) is 11.2 Å². The second-order valence-corrected chi connectivity index (χ2v) is 15.8. The number of benzene rings is 4. The molecule has 2 heterocycles. The Hall–Kier alpha value is -3.67. The van der Waals surface area contributed by atoms with Gasteiger partial charge in [0.15, 0.2) is 0 Å². The Balaban J connectivity index is 1.20. The monoisotopic (exact) mass is 644 g/mol. The van der Waals surface area contributed by atoms with Gasteiger partial charge < -0.3 is 0 Å². The molecule has 0 amide bonds. The minimum absolute atomic E-state index is 0.0802. The average Bonchev–Trinajstić information content (AvgIpc) is 3.77. The summed E-state index contributed by atoms with van der Waals surface area (Å²) in [5, 5.41) is 0. The van der Waals surface area contributed by atoms with Crippen molar-refractivity contribution in [2.24, 2.45) is 11.8 Å². The van der Waals surface area contributed by atoms with Gasteiger partial charge in [-0.05, 0) is 101 Å². The van der Waals surface area contributed by atoms with Crippen LogP contribution in [-0.4, -0.2) is 8.75 Å².